The number of benzene rings is 1. The molecule has 8 heteroatoms. The third-order valence-electron chi connectivity index (χ3n) is 3.41. The fraction of sp³-hybridized carbons (Fsp3) is 0.118. The number of thiophene rings is 1. The zero-order valence-corrected chi connectivity index (χ0v) is 14.0. The van der Waals surface area contributed by atoms with Gasteiger partial charge in [-0.15, -0.1) is 0 Å². The highest BCUT2D eigenvalue weighted by Crippen LogP contribution is 2.27. The molecule has 0 atom stereocenters. The molecule has 0 spiro atoms. The van der Waals surface area contributed by atoms with Crippen LogP contribution in [0.3, 0.4) is 0 Å². The molecule has 0 unspecified atom stereocenters. The summed E-state index contributed by atoms with van der Waals surface area (Å²) in [6.45, 7) is 1.92. The van der Waals surface area contributed by atoms with E-state index >= 15 is 0 Å². The molecule has 0 bridgehead atoms. The summed E-state index contributed by atoms with van der Waals surface area (Å²) >= 11 is 1.53. The normalized spacial score (nSPS) is 10.4. The molecule has 2 aromatic heterocycles. The van der Waals surface area contributed by atoms with Crippen LogP contribution in [0.15, 0.2) is 47.3 Å². The summed E-state index contributed by atoms with van der Waals surface area (Å²) in [7, 11) is 0. The summed E-state index contributed by atoms with van der Waals surface area (Å²) in [5, 5.41) is 14.7. The number of hydrogen-bond donors (Lipinski definition) is 0. The largest absolute Gasteiger partial charge is 0.461 e. The van der Waals surface area contributed by atoms with Gasteiger partial charge in [-0.2, -0.15) is 11.3 Å². The van der Waals surface area contributed by atoms with E-state index in [9.17, 15) is 14.9 Å². The van der Waals surface area contributed by atoms with Gasteiger partial charge in [0.15, 0.2) is 5.69 Å². The molecule has 0 fully saturated rings. The Morgan fingerprint density at radius 3 is 2.60 bits per heavy atom. The molecule has 0 saturated carbocycles. The van der Waals surface area contributed by atoms with E-state index in [1.807, 2.05) is 16.8 Å². The number of carbonyl (C=O) groups excluding carboxylic acids is 1. The maximum absolute atomic E-state index is 12.2. The Hall–Kier alpha value is -3.13. The van der Waals surface area contributed by atoms with Crippen LogP contribution in [0.1, 0.15) is 17.4 Å². The third kappa shape index (κ3) is 3.53. The molecule has 0 saturated heterocycles. The number of aromatic nitrogens is 2. The lowest BCUT2D eigenvalue weighted by Gasteiger charge is -2.09. The van der Waals surface area contributed by atoms with Crippen LogP contribution < -0.4 is 0 Å². The van der Waals surface area contributed by atoms with Crippen molar-refractivity contribution in [3.8, 4) is 22.5 Å². The topological polar surface area (TPSA) is 95.2 Å². The van der Waals surface area contributed by atoms with Crippen molar-refractivity contribution in [2.75, 3.05) is 6.61 Å². The van der Waals surface area contributed by atoms with E-state index in [1.54, 1.807) is 19.1 Å². The van der Waals surface area contributed by atoms with Gasteiger partial charge in [-0.05, 0) is 30.5 Å². The van der Waals surface area contributed by atoms with Crippen molar-refractivity contribution in [1.82, 2.24) is 9.97 Å². The zero-order valence-electron chi connectivity index (χ0n) is 13.2. The fourth-order valence-corrected chi connectivity index (χ4v) is 2.88. The second-order valence-electron chi connectivity index (χ2n) is 4.99. The van der Waals surface area contributed by atoms with E-state index in [1.165, 1.54) is 29.7 Å². The van der Waals surface area contributed by atoms with E-state index in [-0.39, 0.29) is 18.0 Å². The molecule has 0 N–H and O–H groups in total. The molecule has 3 aromatic rings. The minimum Gasteiger partial charge on any atom is -0.461 e. The number of esters is 1. The van der Waals surface area contributed by atoms with Crippen LogP contribution in [0.25, 0.3) is 22.5 Å². The lowest BCUT2D eigenvalue weighted by atomic mass is 10.1. The number of hydrogen-bond acceptors (Lipinski definition) is 7. The van der Waals surface area contributed by atoms with Crippen LogP contribution in [0.4, 0.5) is 5.69 Å². The van der Waals surface area contributed by atoms with E-state index < -0.39 is 10.9 Å². The highest BCUT2D eigenvalue weighted by molar-refractivity contribution is 7.08. The van der Waals surface area contributed by atoms with Crippen molar-refractivity contribution in [2.24, 2.45) is 0 Å². The Kier molecular flexibility index (Phi) is 4.80. The van der Waals surface area contributed by atoms with Gasteiger partial charge in [0.1, 0.15) is 5.69 Å². The van der Waals surface area contributed by atoms with Crippen molar-refractivity contribution >= 4 is 23.0 Å². The van der Waals surface area contributed by atoms with E-state index in [4.69, 9.17) is 4.74 Å². The highest BCUT2D eigenvalue weighted by atomic mass is 32.1. The van der Waals surface area contributed by atoms with Crippen molar-refractivity contribution in [3.63, 3.8) is 0 Å². The van der Waals surface area contributed by atoms with Gasteiger partial charge in [0.2, 0.25) is 0 Å². The van der Waals surface area contributed by atoms with E-state index in [2.05, 4.69) is 9.97 Å². The Morgan fingerprint density at radius 1 is 1.24 bits per heavy atom. The molecule has 2 heterocycles. The third-order valence-corrected chi connectivity index (χ3v) is 4.09. The van der Waals surface area contributed by atoms with Crippen LogP contribution >= 0.6 is 11.3 Å². The predicted molar refractivity (Wildman–Crippen MR) is 93.4 cm³/mol. The molecule has 3 rings (SSSR count). The summed E-state index contributed by atoms with van der Waals surface area (Å²) < 4.78 is 5.04. The first kappa shape index (κ1) is 16.7. The van der Waals surface area contributed by atoms with Gasteiger partial charge >= 0.3 is 5.97 Å². The van der Waals surface area contributed by atoms with Crippen LogP contribution in [0.2, 0.25) is 0 Å². The highest BCUT2D eigenvalue weighted by Gasteiger charge is 2.19. The Bertz CT molecular complexity index is 908. The van der Waals surface area contributed by atoms with Crippen LogP contribution in [-0.4, -0.2) is 27.5 Å². The number of nitro groups is 1. The van der Waals surface area contributed by atoms with Crippen molar-refractivity contribution < 1.29 is 14.5 Å². The number of nitro benzene ring substituents is 1. The van der Waals surface area contributed by atoms with E-state index in [0.717, 1.165) is 5.56 Å². The minimum absolute atomic E-state index is 0.0385. The Labute approximate surface area is 147 Å². The summed E-state index contributed by atoms with van der Waals surface area (Å²) in [6.07, 6.45) is 1.52. The molecule has 126 valence electrons. The summed E-state index contributed by atoms with van der Waals surface area (Å²) in [5.41, 5.74) is 2.42. The summed E-state index contributed by atoms with van der Waals surface area (Å²) in [6, 6.07) is 7.72. The van der Waals surface area contributed by atoms with E-state index in [0.29, 0.717) is 17.0 Å². The maximum atomic E-state index is 12.2. The predicted octanol–water partition coefficient (Wildman–Crippen LogP) is 3.96. The van der Waals surface area contributed by atoms with Crippen molar-refractivity contribution in [2.45, 2.75) is 6.92 Å². The lowest BCUT2D eigenvalue weighted by molar-refractivity contribution is -0.384. The van der Waals surface area contributed by atoms with Gasteiger partial charge in [-0.25, -0.2) is 14.8 Å². The molecular formula is C17H13N3O4S. The van der Waals surface area contributed by atoms with Gasteiger partial charge in [0, 0.05) is 28.6 Å². The van der Waals surface area contributed by atoms with Gasteiger partial charge in [-0.1, -0.05) is 0 Å². The molecule has 0 radical (unpaired) electrons. The monoisotopic (exact) mass is 355 g/mol. The number of ether oxygens (including phenoxy) is 1. The van der Waals surface area contributed by atoms with Gasteiger partial charge < -0.3 is 4.74 Å². The quantitative estimate of drug-likeness (QED) is 0.390. The number of rotatable bonds is 5. The average molecular weight is 355 g/mol. The molecule has 0 aliphatic heterocycles. The minimum atomic E-state index is -0.583. The van der Waals surface area contributed by atoms with Crippen LogP contribution in [0.5, 0.6) is 0 Å². The molecular weight excluding hydrogens is 342 g/mol. The summed E-state index contributed by atoms with van der Waals surface area (Å²) in [5.74, 6) is -0.583. The first-order valence-corrected chi connectivity index (χ1v) is 8.36. The zero-order chi connectivity index (χ0) is 17.8. The number of nitrogens with zero attached hydrogens (tertiary/aromatic N) is 3. The molecule has 0 aliphatic rings. The Morgan fingerprint density at radius 2 is 2.00 bits per heavy atom. The first-order chi connectivity index (χ1) is 12.1. The molecule has 7 nitrogen and oxygen atoms in total. The van der Waals surface area contributed by atoms with Crippen LogP contribution in [-0.2, 0) is 4.74 Å². The van der Waals surface area contributed by atoms with Gasteiger partial charge in [-0.3, -0.25) is 10.1 Å². The fourth-order valence-electron chi connectivity index (χ4n) is 2.23. The number of carbonyl (C=O) groups is 1. The second-order valence-corrected chi connectivity index (χ2v) is 5.77. The molecule has 0 aliphatic carbocycles. The SMILES string of the molecule is CCOC(=O)c1ncc(-c2ccsc2)nc1-c1ccc([N+](=O)[O-])cc1. The number of non-ortho nitro benzene ring substituents is 1. The van der Waals surface area contributed by atoms with Crippen molar-refractivity contribution in [1.29, 1.82) is 0 Å². The maximum Gasteiger partial charge on any atom is 0.359 e. The standard InChI is InChI=1S/C17H13N3O4S/c1-2-24-17(21)16-15(11-3-5-13(6-4-11)20(22)23)19-14(9-18-16)12-7-8-25-10-12/h3-10H,2H2,1H3. The van der Waals surface area contributed by atoms with Crippen LogP contribution in [0, 0.1) is 10.1 Å². The smallest absolute Gasteiger partial charge is 0.359 e. The average Bonchev–Trinajstić information content (AvgIpc) is 3.16. The van der Waals surface area contributed by atoms with Crippen molar-refractivity contribution in [3.05, 3.63) is 63.1 Å². The van der Waals surface area contributed by atoms with Gasteiger partial charge in [0.25, 0.3) is 5.69 Å². The molecule has 25 heavy (non-hydrogen) atoms. The summed E-state index contributed by atoms with van der Waals surface area (Å²) in [4.78, 5) is 31.3. The Balaban J connectivity index is 2.11. The van der Waals surface area contributed by atoms with Gasteiger partial charge in [0.05, 0.1) is 23.4 Å². The first-order valence-electron chi connectivity index (χ1n) is 7.41. The lowest BCUT2D eigenvalue weighted by Crippen LogP contribution is -2.10. The second kappa shape index (κ2) is 7.18. The molecule has 1 aromatic carbocycles. The molecule has 0 amide bonds.